The first kappa shape index (κ1) is 11.5. The summed E-state index contributed by atoms with van der Waals surface area (Å²) in [6.07, 6.45) is 1.62. The Labute approximate surface area is 90.3 Å². The SMILES string of the molecule is CCNc1cc(N(C)C)ncc1C(C)=O. The van der Waals surface area contributed by atoms with Gasteiger partial charge in [0.1, 0.15) is 5.82 Å². The monoisotopic (exact) mass is 207 g/mol. The molecule has 1 heterocycles. The molecule has 4 nitrogen and oxygen atoms in total. The van der Waals surface area contributed by atoms with E-state index >= 15 is 0 Å². The van der Waals surface area contributed by atoms with Gasteiger partial charge in [0.25, 0.3) is 0 Å². The van der Waals surface area contributed by atoms with Gasteiger partial charge in [-0.1, -0.05) is 0 Å². The van der Waals surface area contributed by atoms with Crippen LogP contribution in [-0.2, 0) is 0 Å². The predicted molar refractivity (Wildman–Crippen MR) is 62.7 cm³/mol. The second-order valence-electron chi connectivity index (χ2n) is 3.57. The average Bonchev–Trinajstić information content (AvgIpc) is 2.17. The fraction of sp³-hybridized carbons (Fsp3) is 0.455. The third kappa shape index (κ3) is 2.68. The molecule has 82 valence electrons. The summed E-state index contributed by atoms with van der Waals surface area (Å²) in [6, 6.07) is 1.89. The lowest BCUT2D eigenvalue weighted by molar-refractivity contribution is 0.101. The van der Waals surface area contributed by atoms with Gasteiger partial charge < -0.3 is 10.2 Å². The molecule has 1 rings (SSSR count). The van der Waals surface area contributed by atoms with Crippen molar-refractivity contribution in [3.8, 4) is 0 Å². The lowest BCUT2D eigenvalue weighted by Crippen LogP contribution is -2.13. The van der Waals surface area contributed by atoms with Crippen LogP contribution in [0.25, 0.3) is 0 Å². The molecule has 0 unspecified atom stereocenters. The van der Waals surface area contributed by atoms with Crippen LogP contribution in [0.2, 0.25) is 0 Å². The molecule has 1 aromatic heterocycles. The Hall–Kier alpha value is -1.58. The molecule has 4 heteroatoms. The summed E-state index contributed by atoms with van der Waals surface area (Å²) in [5.41, 5.74) is 1.49. The first-order valence-corrected chi connectivity index (χ1v) is 4.98. The zero-order valence-corrected chi connectivity index (χ0v) is 9.66. The van der Waals surface area contributed by atoms with Crippen LogP contribution in [0.15, 0.2) is 12.3 Å². The van der Waals surface area contributed by atoms with E-state index < -0.39 is 0 Å². The van der Waals surface area contributed by atoms with E-state index in [0.717, 1.165) is 18.1 Å². The minimum Gasteiger partial charge on any atom is -0.385 e. The first-order valence-electron chi connectivity index (χ1n) is 4.98. The number of anilines is 2. The number of carbonyl (C=O) groups excluding carboxylic acids is 1. The quantitative estimate of drug-likeness (QED) is 0.764. The van der Waals surface area contributed by atoms with Crippen molar-refractivity contribution in [2.75, 3.05) is 30.9 Å². The maximum absolute atomic E-state index is 11.3. The molecule has 0 aliphatic carbocycles. The van der Waals surface area contributed by atoms with Gasteiger partial charge in [0, 0.05) is 32.9 Å². The van der Waals surface area contributed by atoms with Gasteiger partial charge in [0.15, 0.2) is 5.78 Å². The molecule has 0 atom stereocenters. The second-order valence-corrected chi connectivity index (χ2v) is 3.57. The molecule has 0 amide bonds. The van der Waals surface area contributed by atoms with Gasteiger partial charge >= 0.3 is 0 Å². The molecule has 0 fully saturated rings. The molecule has 0 aromatic carbocycles. The molecule has 0 aliphatic rings. The number of rotatable bonds is 4. The van der Waals surface area contributed by atoms with Gasteiger partial charge in [-0.05, 0) is 13.8 Å². The summed E-state index contributed by atoms with van der Waals surface area (Å²) < 4.78 is 0. The summed E-state index contributed by atoms with van der Waals surface area (Å²) in [4.78, 5) is 17.4. The third-order valence-corrected chi connectivity index (χ3v) is 2.09. The van der Waals surface area contributed by atoms with E-state index in [1.807, 2.05) is 32.0 Å². The van der Waals surface area contributed by atoms with Gasteiger partial charge in [-0.25, -0.2) is 4.98 Å². The summed E-state index contributed by atoms with van der Waals surface area (Å²) in [5, 5.41) is 3.17. The van der Waals surface area contributed by atoms with Crippen molar-refractivity contribution in [3.63, 3.8) is 0 Å². The maximum Gasteiger partial charge on any atom is 0.163 e. The van der Waals surface area contributed by atoms with Crippen molar-refractivity contribution < 1.29 is 4.79 Å². The number of carbonyl (C=O) groups is 1. The highest BCUT2D eigenvalue weighted by molar-refractivity contribution is 5.99. The van der Waals surface area contributed by atoms with Crippen molar-refractivity contribution in [2.24, 2.45) is 0 Å². The highest BCUT2D eigenvalue weighted by Gasteiger charge is 2.09. The molecule has 0 saturated carbocycles. The van der Waals surface area contributed by atoms with E-state index in [4.69, 9.17) is 0 Å². The smallest absolute Gasteiger partial charge is 0.163 e. The van der Waals surface area contributed by atoms with E-state index in [1.54, 1.807) is 13.1 Å². The average molecular weight is 207 g/mol. The topological polar surface area (TPSA) is 45.2 Å². The molecule has 1 aromatic rings. The summed E-state index contributed by atoms with van der Waals surface area (Å²) in [7, 11) is 3.84. The Morgan fingerprint density at radius 3 is 2.67 bits per heavy atom. The van der Waals surface area contributed by atoms with Gasteiger partial charge in [-0.2, -0.15) is 0 Å². The number of aromatic nitrogens is 1. The predicted octanol–water partition coefficient (Wildman–Crippen LogP) is 1.78. The van der Waals surface area contributed by atoms with Crippen LogP contribution in [0.1, 0.15) is 24.2 Å². The van der Waals surface area contributed by atoms with Crippen LogP contribution in [0.3, 0.4) is 0 Å². The largest absolute Gasteiger partial charge is 0.385 e. The van der Waals surface area contributed by atoms with E-state index in [1.165, 1.54) is 0 Å². The van der Waals surface area contributed by atoms with E-state index in [2.05, 4.69) is 10.3 Å². The van der Waals surface area contributed by atoms with Crippen LogP contribution in [0, 0.1) is 0 Å². The number of pyridine rings is 1. The normalized spacial score (nSPS) is 9.87. The zero-order valence-electron chi connectivity index (χ0n) is 9.66. The Morgan fingerprint density at radius 1 is 1.53 bits per heavy atom. The molecule has 0 bridgehead atoms. The minimum atomic E-state index is 0.0313. The van der Waals surface area contributed by atoms with E-state index in [0.29, 0.717) is 5.56 Å². The number of hydrogen-bond acceptors (Lipinski definition) is 4. The van der Waals surface area contributed by atoms with Crippen LogP contribution in [0.5, 0.6) is 0 Å². The fourth-order valence-electron chi connectivity index (χ4n) is 1.31. The van der Waals surface area contributed by atoms with Gasteiger partial charge in [0.2, 0.25) is 0 Å². The Bertz CT molecular complexity index is 361. The van der Waals surface area contributed by atoms with Crippen molar-refractivity contribution in [1.29, 1.82) is 0 Å². The zero-order chi connectivity index (χ0) is 11.4. The molecule has 1 N–H and O–H groups in total. The molecule has 15 heavy (non-hydrogen) atoms. The van der Waals surface area contributed by atoms with Crippen molar-refractivity contribution >= 4 is 17.3 Å². The number of nitrogens with zero attached hydrogens (tertiary/aromatic N) is 2. The molecular weight excluding hydrogens is 190 g/mol. The van der Waals surface area contributed by atoms with E-state index in [-0.39, 0.29) is 5.78 Å². The molecular formula is C11H17N3O. The first-order chi connectivity index (χ1) is 7.06. The van der Waals surface area contributed by atoms with Crippen molar-refractivity contribution in [1.82, 2.24) is 4.98 Å². The molecule has 0 radical (unpaired) electrons. The minimum absolute atomic E-state index is 0.0313. The number of ketones is 1. The van der Waals surface area contributed by atoms with Crippen molar-refractivity contribution in [2.45, 2.75) is 13.8 Å². The van der Waals surface area contributed by atoms with Gasteiger partial charge in [-0.3, -0.25) is 4.79 Å². The van der Waals surface area contributed by atoms with Crippen LogP contribution < -0.4 is 10.2 Å². The molecule has 0 aliphatic heterocycles. The van der Waals surface area contributed by atoms with Gasteiger partial charge in [0.05, 0.1) is 11.3 Å². The Balaban J connectivity index is 3.14. The lowest BCUT2D eigenvalue weighted by atomic mass is 10.1. The fourth-order valence-corrected chi connectivity index (χ4v) is 1.31. The number of Topliss-reactive ketones (excluding diaryl/α,β-unsaturated/α-hetero) is 1. The van der Waals surface area contributed by atoms with Crippen LogP contribution in [0.4, 0.5) is 11.5 Å². The summed E-state index contributed by atoms with van der Waals surface area (Å²) >= 11 is 0. The molecule has 0 spiro atoms. The summed E-state index contributed by atoms with van der Waals surface area (Å²) in [5.74, 6) is 0.875. The number of nitrogens with one attached hydrogen (secondary N) is 1. The second kappa shape index (κ2) is 4.77. The highest BCUT2D eigenvalue weighted by atomic mass is 16.1. The van der Waals surface area contributed by atoms with Crippen LogP contribution >= 0.6 is 0 Å². The number of hydrogen-bond donors (Lipinski definition) is 1. The van der Waals surface area contributed by atoms with Crippen molar-refractivity contribution in [3.05, 3.63) is 17.8 Å². The van der Waals surface area contributed by atoms with Gasteiger partial charge in [-0.15, -0.1) is 0 Å². The third-order valence-electron chi connectivity index (χ3n) is 2.09. The lowest BCUT2D eigenvalue weighted by Gasteiger charge is -2.15. The summed E-state index contributed by atoms with van der Waals surface area (Å²) in [6.45, 7) is 4.34. The van der Waals surface area contributed by atoms with E-state index in [9.17, 15) is 4.79 Å². The maximum atomic E-state index is 11.3. The molecule has 0 saturated heterocycles. The van der Waals surface area contributed by atoms with Crippen LogP contribution in [-0.4, -0.2) is 31.4 Å². The highest BCUT2D eigenvalue weighted by Crippen LogP contribution is 2.20. The Kier molecular flexibility index (Phi) is 3.66. The standard InChI is InChI=1S/C11H17N3O/c1-5-12-10-6-11(14(3)4)13-7-9(10)8(2)15/h6-7H,5H2,1-4H3,(H,12,13). The Morgan fingerprint density at radius 2 is 2.20 bits per heavy atom.